The molecule has 94 heavy (non-hydrogen) atoms. The highest BCUT2D eigenvalue weighted by atomic mass is 16.7. The number of carboxylic acids is 1. The van der Waals surface area contributed by atoms with E-state index in [0.717, 1.165) is 9.96 Å². The van der Waals surface area contributed by atoms with Crippen molar-refractivity contribution in [1.82, 2.24) is 35.7 Å². The third kappa shape index (κ3) is 20.7. The molecule has 0 bridgehead atoms. The summed E-state index contributed by atoms with van der Waals surface area (Å²) in [6.45, 7) is 14.3. The first-order valence-corrected chi connectivity index (χ1v) is 32.1. The Bertz CT molecular complexity index is 2900. The number of nitrogens with zero attached hydrogens (tertiary/aromatic N) is 4. The van der Waals surface area contributed by atoms with E-state index < -0.39 is 145 Å². The van der Waals surface area contributed by atoms with Crippen LogP contribution in [0.25, 0.3) is 0 Å². The Balaban J connectivity index is 1.25. The Morgan fingerprint density at radius 2 is 1.48 bits per heavy atom. The standard InChI is InChI=1S/C65H98N8O21/c1-13-37(6)53(45(89-11)33-49(77)72-30-18-22-43(72)58(90-12)38(7)60(83)67-39(8)54(79)41-20-15-14-16-21-41)70(9)62(85)51(35(2)3)69-61(84)52(36(4)5)71(10)65(88)91-34-40-26-27-44(92-64-57(82)55(80)56(81)59(93-64)63(86)87)42(32-40)68-47(75)28-29-66-46(74)23-17-25-50(78)94-73-31-19-24-48(73)76/h14-16,20-21,26-27,32,35-39,43,45,51-59,64,79-82H,13,17-19,22-25,28-31,33-34H2,1-12H3,(H,66,74)(H,67,83)(H,68,75)(H,69,84)(H,86,87)/t37?,38?,39?,43?,45?,51?,52?,53?,54?,55-,56-,57+,58?,59-,64-/m0/s1. The molecule has 15 atom stereocenters. The molecular weight excluding hydrogens is 1230 g/mol. The number of nitrogens with one attached hydrogen (secondary N) is 4. The van der Waals surface area contributed by atoms with Crippen LogP contribution in [-0.2, 0) is 73.5 Å². The molecule has 3 fully saturated rings. The van der Waals surface area contributed by atoms with E-state index in [9.17, 15) is 73.5 Å². The van der Waals surface area contributed by atoms with Gasteiger partial charge in [0.1, 0.15) is 42.8 Å². The van der Waals surface area contributed by atoms with Crippen LogP contribution in [0.2, 0.25) is 0 Å². The Morgan fingerprint density at radius 3 is 2.09 bits per heavy atom. The predicted molar refractivity (Wildman–Crippen MR) is 337 cm³/mol. The zero-order chi connectivity index (χ0) is 69.8. The number of amides is 8. The molecule has 3 aliphatic rings. The monoisotopic (exact) mass is 1330 g/mol. The van der Waals surface area contributed by atoms with Crippen LogP contribution in [0.1, 0.15) is 137 Å². The van der Waals surface area contributed by atoms with Crippen molar-refractivity contribution in [3.05, 3.63) is 59.7 Å². The summed E-state index contributed by atoms with van der Waals surface area (Å²) in [5.41, 5.74) is 0.736. The molecule has 2 aromatic rings. The molecule has 0 aromatic heterocycles. The summed E-state index contributed by atoms with van der Waals surface area (Å²) < 4.78 is 28.8. The molecule has 524 valence electrons. The van der Waals surface area contributed by atoms with Crippen molar-refractivity contribution in [2.24, 2.45) is 23.7 Å². The van der Waals surface area contributed by atoms with Crippen LogP contribution >= 0.6 is 0 Å². The van der Waals surface area contributed by atoms with Crippen LogP contribution < -0.4 is 26.0 Å². The molecular formula is C65H98N8O21. The molecule has 0 saturated carbocycles. The molecule has 2 aromatic carbocycles. The average Bonchev–Trinajstić information content (AvgIpc) is 1.03. The van der Waals surface area contributed by atoms with Crippen LogP contribution in [0.15, 0.2) is 48.5 Å². The van der Waals surface area contributed by atoms with Gasteiger partial charge >= 0.3 is 18.0 Å². The first-order valence-electron chi connectivity index (χ1n) is 32.1. The van der Waals surface area contributed by atoms with Crippen molar-refractivity contribution in [2.45, 2.75) is 205 Å². The normalized spacial score (nSPS) is 21.7. The molecule has 0 radical (unpaired) electrons. The van der Waals surface area contributed by atoms with Crippen LogP contribution in [-0.4, -0.2) is 226 Å². The number of carbonyl (C=O) groups excluding carboxylic acids is 9. The second kappa shape index (κ2) is 36.4. The molecule has 29 heteroatoms. The van der Waals surface area contributed by atoms with Crippen molar-refractivity contribution < 1.29 is 102 Å². The van der Waals surface area contributed by atoms with Gasteiger partial charge in [-0.1, -0.05) is 91.3 Å². The van der Waals surface area contributed by atoms with Gasteiger partial charge in [0.2, 0.25) is 41.7 Å². The maximum absolute atomic E-state index is 14.9. The number of ether oxygens (including phenoxy) is 5. The van der Waals surface area contributed by atoms with Crippen LogP contribution in [0, 0.1) is 23.7 Å². The summed E-state index contributed by atoms with van der Waals surface area (Å²) in [6.07, 6.45) is -11.4. The Kier molecular flexibility index (Phi) is 29.9. The number of likely N-dealkylation sites (N-methyl/N-ethyl adjacent to an activating group) is 2. The highest BCUT2D eigenvalue weighted by Gasteiger charge is 2.49. The van der Waals surface area contributed by atoms with E-state index in [4.69, 9.17) is 28.5 Å². The number of carbonyl (C=O) groups is 10. The van der Waals surface area contributed by atoms with Crippen molar-refractivity contribution in [2.75, 3.05) is 53.3 Å². The lowest BCUT2D eigenvalue weighted by molar-refractivity contribution is -0.271. The number of carboxylic acid groups (broad SMARTS) is 1. The van der Waals surface area contributed by atoms with E-state index in [0.29, 0.717) is 44.3 Å². The molecule has 9 N–H and O–H groups in total. The average molecular weight is 1330 g/mol. The van der Waals surface area contributed by atoms with Crippen LogP contribution in [0.5, 0.6) is 5.75 Å². The molecule has 3 saturated heterocycles. The molecule has 29 nitrogen and oxygen atoms in total. The summed E-state index contributed by atoms with van der Waals surface area (Å²) >= 11 is 0. The van der Waals surface area contributed by atoms with Gasteiger partial charge in [-0.05, 0) is 73.6 Å². The third-order valence-electron chi connectivity index (χ3n) is 17.5. The highest BCUT2D eigenvalue weighted by molar-refractivity contribution is 5.93. The maximum Gasteiger partial charge on any atom is 0.410 e. The first kappa shape index (κ1) is 77.2. The number of hydroxylamine groups is 2. The number of aliphatic carboxylic acids is 1. The first-order chi connectivity index (χ1) is 44.4. The summed E-state index contributed by atoms with van der Waals surface area (Å²) in [5, 5.41) is 64.0. The summed E-state index contributed by atoms with van der Waals surface area (Å²) in [4.78, 5) is 143. The van der Waals surface area contributed by atoms with Crippen LogP contribution in [0.3, 0.4) is 0 Å². The van der Waals surface area contributed by atoms with E-state index >= 15 is 0 Å². The number of hydrogen-bond donors (Lipinski definition) is 9. The van der Waals surface area contributed by atoms with Gasteiger partial charge < -0.3 is 85.1 Å². The van der Waals surface area contributed by atoms with Crippen molar-refractivity contribution >= 4 is 65.1 Å². The zero-order valence-electron chi connectivity index (χ0n) is 55.9. The Morgan fingerprint density at radius 1 is 0.787 bits per heavy atom. The van der Waals surface area contributed by atoms with E-state index in [2.05, 4.69) is 21.3 Å². The lowest BCUT2D eigenvalue weighted by Crippen LogP contribution is -2.61. The number of likely N-dealkylation sites (tertiary alicyclic amines) is 1. The van der Waals surface area contributed by atoms with E-state index in [-0.39, 0.29) is 85.7 Å². The highest BCUT2D eigenvalue weighted by Crippen LogP contribution is 2.33. The van der Waals surface area contributed by atoms with Gasteiger partial charge in [0.25, 0.3) is 5.91 Å². The zero-order valence-corrected chi connectivity index (χ0v) is 55.9. The third-order valence-corrected chi connectivity index (χ3v) is 17.5. The fraction of sp³-hybridized carbons (Fsp3) is 0.662. The summed E-state index contributed by atoms with van der Waals surface area (Å²) in [6, 6.07) is 8.84. The number of anilines is 1. The smallest absolute Gasteiger partial charge is 0.410 e. The van der Waals surface area contributed by atoms with E-state index in [1.165, 1.54) is 44.4 Å². The topological polar surface area (TPSA) is 388 Å². The number of benzene rings is 2. The molecule has 8 amide bonds. The van der Waals surface area contributed by atoms with Crippen molar-refractivity contribution in [3.8, 4) is 5.75 Å². The fourth-order valence-corrected chi connectivity index (χ4v) is 12.0. The van der Waals surface area contributed by atoms with Gasteiger partial charge in [-0.15, -0.1) is 0 Å². The number of aliphatic hydroxyl groups excluding tert-OH is 4. The van der Waals surface area contributed by atoms with Gasteiger partial charge in [0.05, 0.1) is 61.0 Å². The number of rotatable bonds is 34. The lowest BCUT2D eigenvalue weighted by Gasteiger charge is -2.41. The Labute approximate surface area is 548 Å². The molecule has 0 spiro atoms. The molecule has 5 rings (SSSR count). The summed E-state index contributed by atoms with van der Waals surface area (Å²) in [7, 11) is 5.90. The minimum Gasteiger partial charge on any atom is -0.479 e. The van der Waals surface area contributed by atoms with Gasteiger partial charge in [0, 0.05) is 67.1 Å². The predicted octanol–water partition coefficient (Wildman–Crippen LogP) is 2.55. The van der Waals surface area contributed by atoms with Crippen molar-refractivity contribution in [3.63, 3.8) is 0 Å². The van der Waals surface area contributed by atoms with E-state index in [1.54, 1.807) is 77.8 Å². The quantitative estimate of drug-likeness (QED) is 0.0486. The minimum absolute atomic E-state index is 0.0940. The second-order valence-electron chi connectivity index (χ2n) is 25.1. The largest absolute Gasteiger partial charge is 0.479 e. The molecule has 0 aliphatic carbocycles. The van der Waals surface area contributed by atoms with Gasteiger partial charge in [-0.25, -0.2) is 14.4 Å². The fourth-order valence-electron chi connectivity index (χ4n) is 12.0. The number of methoxy groups -OCH3 is 2. The van der Waals surface area contributed by atoms with Gasteiger partial charge in [-0.3, -0.25) is 38.5 Å². The Hall–Kier alpha value is -7.54. The lowest BCUT2D eigenvalue weighted by atomic mass is 9.89. The van der Waals surface area contributed by atoms with Gasteiger partial charge in [-0.2, -0.15) is 5.06 Å². The maximum atomic E-state index is 14.9. The summed E-state index contributed by atoms with van der Waals surface area (Å²) in [5.74, 6) is -7.84. The second-order valence-corrected chi connectivity index (χ2v) is 25.1. The molecule has 3 heterocycles. The SMILES string of the molecule is CCC(C)C(C(CC(=O)N1CCCC1C(OC)C(C)C(=O)NC(C)C(O)c1ccccc1)OC)N(C)C(=O)C(NC(=O)C(C(C)C)N(C)C(=O)OCc1ccc(O[C@H]2O[C@H](C(=O)O)[C@@H](O)[C@H](O)[C@H]2O)c(NC(=O)CCNC(=O)CCCC(=O)ON2CCCC2=O)c1)C(C)C. The minimum atomic E-state index is -2.04. The number of aliphatic hydroxyl groups is 4. The van der Waals surface area contributed by atoms with Crippen LogP contribution in [0.4, 0.5) is 10.5 Å². The van der Waals surface area contributed by atoms with Gasteiger partial charge in [0.15, 0.2) is 6.10 Å². The van der Waals surface area contributed by atoms with Crippen molar-refractivity contribution in [1.29, 1.82) is 0 Å². The number of hydrogen-bond acceptors (Lipinski definition) is 20. The molecule has 10 unspecified atom stereocenters. The van der Waals surface area contributed by atoms with E-state index in [1.807, 2.05) is 19.9 Å². The molecule has 3 aliphatic heterocycles.